The number of hydrogen-bond acceptors (Lipinski definition) is 2. The van der Waals surface area contributed by atoms with Crippen LogP contribution in [0.15, 0.2) is 0 Å². The Hall–Kier alpha value is -0.0800. The number of nitrogens with zero attached hydrogens (tertiary/aromatic N) is 1. The van der Waals surface area contributed by atoms with E-state index in [1.807, 2.05) is 0 Å². The maximum Gasteiger partial charge on any atom is 0.0121 e. The summed E-state index contributed by atoms with van der Waals surface area (Å²) in [5.41, 5.74) is 6.11. The monoisotopic (exact) mass is 224 g/mol. The maximum absolute atomic E-state index is 6.11. The van der Waals surface area contributed by atoms with Crippen LogP contribution in [0, 0.1) is 11.8 Å². The zero-order valence-corrected chi connectivity index (χ0v) is 11.0. The van der Waals surface area contributed by atoms with Crippen LogP contribution in [0.2, 0.25) is 0 Å². The topological polar surface area (TPSA) is 29.3 Å². The number of piperidine rings is 1. The van der Waals surface area contributed by atoms with Crippen molar-refractivity contribution in [1.82, 2.24) is 4.90 Å². The zero-order valence-electron chi connectivity index (χ0n) is 11.0. The van der Waals surface area contributed by atoms with Crippen molar-refractivity contribution in [3.8, 4) is 0 Å². The quantitative estimate of drug-likeness (QED) is 0.694. The Balaban J connectivity index is 1.94. The summed E-state index contributed by atoms with van der Waals surface area (Å²) in [5.74, 6) is 1.58. The van der Waals surface area contributed by atoms with E-state index in [9.17, 15) is 0 Å². The van der Waals surface area contributed by atoms with Gasteiger partial charge in [0.05, 0.1) is 0 Å². The van der Waals surface area contributed by atoms with Crippen LogP contribution in [0.1, 0.15) is 52.4 Å². The molecule has 2 nitrogen and oxygen atoms in total. The highest BCUT2D eigenvalue weighted by Crippen LogP contribution is 2.29. The molecule has 4 unspecified atom stereocenters. The molecule has 2 fully saturated rings. The standard InChI is InChI=1S/C14H28N2/c1-11-6-4-3-5-7-14(11)16-9-8-13(15)12(2)10-16/h11-14H,3-10,15H2,1-2H3. The third kappa shape index (κ3) is 2.78. The molecule has 16 heavy (non-hydrogen) atoms. The average Bonchev–Trinajstić information content (AvgIpc) is 2.47. The first-order chi connectivity index (χ1) is 7.68. The van der Waals surface area contributed by atoms with Crippen LogP contribution in [0.4, 0.5) is 0 Å². The molecule has 2 heteroatoms. The summed E-state index contributed by atoms with van der Waals surface area (Å²) < 4.78 is 0. The minimum atomic E-state index is 0.442. The van der Waals surface area contributed by atoms with E-state index in [2.05, 4.69) is 18.7 Å². The molecule has 0 radical (unpaired) electrons. The van der Waals surface area contributed by atoms with E-state index in [0.717, 1.165) is 12.0 Å². The number of nitrogens with two attached hydrogens (primary N) is 1. The molecular weight excluding hydrogens is 196 g/mol. The molecule has 4 atom stereocenters. The van der Waals surface area contributed by atoms with Gasteiger partial charge in [-0.3, -0.25) is 4.90 Å². The summed E-state index contributed by atoms with van der Waals surface area (Å²) in [6.07, 6.45) is 8.38. The smallest absolute Gasteiger partial charge is 0.0121 e. The van der Waals surface area contributed by atoms with Gasteiger partial charge in [-0.25, -0.2) is 0 Å². The van der Waals surface area contributed by atoms with Crippen LogP contribution >= 0.6 is 0 Å². The Labute approximate surface area is 101 Å². The molecule has 0 aromatic rings. The van der Waals surface area contributed by atoms with Gasteiger partial charge < -0.3 is 5.73 Å². The molecule has 0 amide bonds. The largest absolute Gasteiger partial charge is 0.327 e. The van der Waals surface area contributed by atoms with Gasteiger partial charge in [-0.05, 0) is 37.6 Å². The van der Waals surface area contributed by atoms with E-state index in [1.165, 1.54) is 51.6 Å². The lowest BCUT2D eigenvalue weighted by Crippen LogP contribution is -2.51. The molecule has 1 saturated carbocycles. The molecule has 2 aliphatic rings. The summed E-state index contributed by atoms with van der Waals surface area (Å²) >= 11 is 0. The predicted octanol–water partition coefficient (Wildman–Crippen LogP) is 2.62. The summed E-state index contributed by atoms with van der Waals surface area (Å²) in [6.45, 7) is 7.24. The van der Waals surface area contributed by atoms with Crippen LogP contribution < -0.4 is 5.73 Å². The van der Waals surface area contributed by atoms with Crippen molar-refractivity contribution < 1.29 is 0 Å². The van der Waals surface area contributed by atoms with E-state index < -0.39 is 0 Å². The van der Waals surface area contributed by atoms with Crippen LogP contribution in [-0.2, 0) is 0 Å². The normalized spacial score (nSPS) is 42.9. The Bertz CT molecular complexity index is 217. The maximum atomic E-state index is 6.11. The highest BCUT2D eigenvalue weighted by Gasteiger charge is 2.31. The van der Waals surface area contributed by atoms with Crippen LogP contribution in [0.3, 0.4) is 0 Å². The van der Waals surface area contributed by atoms with Gasteiger partial charge in [-0.1, -0.05) is 33.1 Å². The Morgan fingerprint density at radius 1 is 0.938 bits per heavy atom. The van der Waals surface area contributed by atoms with Gasteiger partial charge in [0.15, 0.2) is 0 Å². The van der Waals surface area contributed by atoms with E-state index in [0.29, 0.717) is 12.0 Å². The third-order valence-electron chi connectivity index (χ3n) is 4.79. The lowest BCUT2D eigenvalue weighted by Gasteiger charge is -2.42. The molecule has 1 saturated heterocycles. The van der Waals surface area contributed by atoms with Gasteiger partial charge in [-0.15, -0.1) is 0 Å². The van der Waals surface area contributed by atoms with E-state index in [4.69, 9.17) is 5.73 Å². The molecule has 2 rings (SSSR count). The predicted molar refractivity (Wildman–Crippen MR) is 69.4 cm³/mol. The fourth-order valence-corrected chi connectivity index (χ4v) is 3.51. The number of likely N-dealkylation sites (tertiary alicyclic amines) is 1. The average molecular weight is 224 g/mol. The first kappa shape index (κ1) is 12.4. The van der Waals surface area contributed by atoms with Crippen molar-refractivity contribution >= 4 is 0 Å². The van der Waals surface area contributed by atoms with E-state index in [-0.39, 0.29) is 0 Å². The van der Waals surface area contributed by atoms with Crippen LogP contribution in [-0.4, -0.2) is 30.1 Å². The van der Waals surface area contributed by atoms with Gasteiger partial charge in [0, 0.05) is 18.6 Å². The van der Waals surface area contributed by atoms with Crippen molar-refractivity contribution in [2.45, 2.75) is 64.5 Å². The molecule has 0 bridgehead atoms. The first-order valence-corrected chi connectivity index (χ1v) is 7.18. The molecule has 1 heterocycles. The van der Waals surface area contributed by atoms with Crippen molar-refractivity contribution in [3.05, 3.63) is 0 Å². The van der Waals surface area contributed by atoms with Gasteiger partial charge >= 0.3 is 0 Å². The van der Waals surface area contributed by atoms with Crippen molar-refractivity contribution in [2.24, 2.45) is 17.6 Å². The van der Waals surface area contributed by atoms with E-state index >= 15 is 0 Å². The Kier molecular flexibility index (Phi) is 4.26. The minimum absolute atomic E-state index is 0.442. The molecular formula is C14H28N2. The van der Waals surface area contributed by atoms with Crippen molar-refractivity contribution in [1.29, 1.82) is 0 Å². The minimum Gasteiger partial charge on any atom is -0.327 e. The van der Waals surface area contributed by atoms with Gasteiger partial charge in [0.25, 0.3) is 0 Å². The molecule has 0 aromatic carbocycles. The second-order valence-electron chi connectivity index (χ2n) is 6.11. The molecule has 1 aliphatic carbocycles. The number of rotatable bonds is 1. The fourth-order valence-electron chi connectivity index (χ4n) is 3.51. The fraction of sp³-hybridized carbons (Fsp3) is 1.00. The Morgan fingerprint density at radius 2 is 1.69 bits per heavy atom. The lowest BCUT2D eigenvalue weighted by molar-refractivity contribution is 0.0814. The third-order valence-corrected chi connectivity index (χ3v) is 4.79. The molecule has 0 aromatic heterocycles. The molecule has 0 spiro atoms. The van der Waals surface area contributed by atoms with Crippen molar-refractivity contribution in [3.63, 3.8) is 0 Å². The van der Waals surface area contributed by atoms with Crippen molar-refractivity contribution in [2.75, 3.05) is 13.1 Å². The SMILES string of the molecule is CC1CN(C2CCCCCC2C)CCC1N. The van der Waals surface area contributed by atoms with Gasteiger partial charge in [0.1, 0.15) is 0 Å². The molecule has 94 valence electrons. The summed E-state index contributed by atoms with van der Waals surface area (Å²) in [6, 6.07) is 1.29. The highest BCUT2D eigenvalue weighted by molar-refractivity contribution is 4.87. The summed E-state index contributed by atoms with van der Waals surface area (Å²) in [5, 5.41) is 0. The zero-order chi connectivity index (χ0) is 11.5. The highest BCUT2D eigenvalue weighted by atomic mass is 15.2. The lowest BCUT2D eigenvalue weighted by atomic mass is 9.89. The summed E-state index contributed by atoms with van der Waals surface area (Å²) in [4.78, 5) is 2.74. The van der Waals surface area contributed by atoms with Crippen LogP contribution in [0.5, 0.6) is 0 Å². The van der Waals surface area contributed by atoms with Crippen LogP contribution in [0.25, 0.3) is 0 Å². The number of hydrogen-bond donors (Lipinski definition) is 1. The molecule has 2 N–H and O–H groups in total. The molecule has 1 aliphatic heterocycles. The van der Waals surface area contributed by atoms with Gasteiger partial charge in [-0.2, -0.15) is 0 Å². The first-order valence-electron chi connectivity index (χ1n) is 7.18. The second-order valence-corrected chi connectivity index (χ2v) is 6.11. The summed E-state index contributed by atoms with van der Waals surface area (Å²) in [7, 11) is 0. The van der Waals surface area contributed by atoms with Gasteiger partial charge in [0.2, 0.25) is 0 Å². The Morgan fingerprint density at radius 3 is 2.44 bits per heavy atom. The van der Waals surface area contributed by atoms with E-state index in [1.54, 1.807) is 0 Å². The second kappa shape index (κ2) is 5.50.